The summed E-state index contributed by atoms with van der Waals surface area (Å²) in [5, 5.41) is 3.05. The maximum atomic E-state index is 12.7. The molecule has 1 N–H and O–H groups in total. The number of fused-ring (bicyclic) bond motifs is 1. The van der Waals surface area contributed by atoms with Crippen LogP contribution in [-0.2, 0) is 20.7 Å². The molecule has 2 aliphatic heterocycles. The van der Waals surface area contributed by atoms with Crippen molar-refractivity contribution in [2.24, 2.45) is 5.92 Å². The summed E-state index contributed by atoms with van der Waals surface area (Å²) in [6.07, 6.45) is 4.76. The Hall–Kier alpha value is -1.95. The lowest BCUT2D eigenvalue weighted by Crippen LogP contribution is -2.39. The number of carbonyl (C=O) groups is 2. The maximum Gasteiger partial charge on any atom is 0.228 e. The SMILES string of the molecule is O=C(NC1CC1)C1CN(C(=O)Cc2ccccn2)C2CCOC12. The third kappa shape index (κ3) is 2.95. The van der Waals surface area contributed by atoms with Crippen molar-refractivity contribution in [3.05, 3.63) is 30.1 Å². The molecule has 0 bridgehead atoms. The molecule has 1 saturated carbocycles. The van der Waals surface area contributed by atoms with Gasteiger partial charge in [-0.2, -0.15) is 0 Å². The first-order chi connectivity index (χ1) is 11.2. The Labute approximate surface area is 135 Å². The normalized spacial score (nSPS) is 29.4. The van der Waals surface area contributed by atoms with E-state index >= 15 is 0 Å². The number of aromatic nitrogens is 1. The van der Waals surface area contributed by atoms with E-state index in [1.807, 2.05) is 23.1 Å². The van der Waals surface area contributed by atoms with E-state index in [-0.39, 0.29) is 36.3 Å². The Bertz CT molecular complexity index is 602. The molecule has 1 aromatic heterocycles. The van der Waals surface area contributed by atoms with E-state index in [0.717, 1.165) is 25.0 Å². The Morgan fingerprint density at radius 3 is 2.91 bits per heavy atom. The molecule has 2 amide bonds. The van der Waals surface area contributed by atoms with Crippen LogP contribution < -0.4 is 5.32 Å². The first-order valence-electron chi connectivity index (χ1n) is 8.34. The molecule has 0 aromatic carbocycles. The molecule has 2 saturated heterocycles. The fourth-order valence-corrected chi connectivity index (χ4v) is 3.58. The highest BCUT2D eigenvalue weighted by atomic mass is 16.5. The molecule has 122 valence electrons. The Kier molecular flexibility index (Phi) is 3.77. The van der Waals surface area contributed by atoms with Gasteiger partial charge in [0, 0.05) is 31.1 Å². The minimum atomic E-state index is -0.240. The van der Waals surface area contributed by atoms with E-state index < -0.39 is 0 Å². The minimum absolute atomic E-state index is 0.0289. The molecule has 6 heteroatoms. The molecule has 6 nitrogen and oxygen atoms in total. The first-order valence-corrected chi connectivity index (χ1v) is 8.34. The highest BCUT2D eigenvalue weighted by Gasteiger charge is 2.50. The van der Waals surface area contributed by atoms with Crippen LogP contribution in [0.25, 0.3) is 0 Å². The van der Waals surface area contributed by atoms with E-state index in [0.29, 0.717) is 19.2 Å². The summed E-state index contributed by atoms with van der Waals surface area (Å²) in [5.41, 5.74) is 0.763. The van der Waals surface area contributed by atoms with Crippen molar-refractivity contribution in [3.63, 3.8) is 0 Å². The summed E-state index contributed by atoms with van der Waals surface area (Å²) in [4.78, 5) is 31.1. The number of ether oxygens (including phenoxy) is 1. The third-order valence-electron chi connectivity index (χ3n) is 4.93. The number of rotatable bonds is 4. The number of hydrogen-bond acceptors (Lipinski definition) is 4. The fraction of sp³-hybridized carbons (Fsp3) is 0.588. The van der Waals surface area contributed by atoms with E-state index in [1.165, 1.54) is 0 Å². The Balaban J connectivity index is 1.45. The van der Waals surface area contributed by atoms with Crippen LogP contribution in [-0.4, -0.2) is 53.0 Å². The van der Waals surface area contributed by atoms with Crippen molar-refractivity contribution in [1.29, 1.82) is 0 Å². The molecule has 3 aliphatic rings. The predicted molar refractivity (Wildman–Crippen MR) is 82.5 cm³/mol. The topological polar surface area (TPSA) is 71.5 Å². The van der Waals surface area contributed by atoms with E-state index in [2.05, 4.69) is 10.3 Å². The van der Waals surface area contributed by atoms with E-state index in [9.17, 15) is 9.59 Å². The molecule has 4 rings (SSSR count). The summed E-state index contributed by atoms with van der Waals surface area (Å²) in [5.74, 6) is -0.167. The van der Waals surface area contributed by atoms with Crippen molar-refractivity contribution < 1.29 is 14.3 Å². The minimum Gasteiger partial charge on any atom is -0.375 e. The Morgan fingerprint density at radius 2 is 2.17 bits per heavy atom. The van der Waals surface area contributed by atoms with Gasteiger partial charge in [0.15, 0.2) is 0 Å². The largest absolute Gasteiger partial charge is 0.375 e. The molecular weight excluding hydrogens is 294 g/mol. The zero-order chi connectivity index (χ0) is 15.8. The first kappa shape index (κ1) is 14.6. The zero-order valence-corrected chi connectivity index (χ0v) is 13.0. The lowest BCUT2D eigenvalue weighted by molar-refractivity contribution is -0.131. The number of likely N-dealkylation sites (tertiary alicyclic amines) is 1. The molecule has 3 heterocycles. The second-order valence-electron chi connectivity index (χ2n) is 6.62. The van der Waals surface area contributed by atoms with Crippen LogP contribution in [0.4, 0.5) is 0 Å². The van der Waals surface area contributed by atoms with E-state index in [4.69, 9.17) is 4.74 Å². The maximum absolute atomic E-state index is 12.7. The van der Waals surface area contributed by atoms with Crippen molar-refractivity contribution >= 4 is 11.8 Å². The van der Waals surface area contributed by atoms with Crippen molar-refractivity contribution in [1.82, 2.24) is 15.2 Å². The van der Waals surface area contributed by atoms with Gasteiger partial charge in [0.1, 0.15) is 0 Å². The van der Waals surface area contributed by atoms with Gasteiger partial charge in [-0.25, -0.2) is 0 Å². The van der Waals surface area contributed by atoms with Crippen molar-refractivity contribution in [2.75, 3.05) is 13.2 Å². The quantitative estimate of drug-likeness (QED) is 0.879. The molecule has 3 fully saturated rings. The van der Waals surface area contributed by atoms with Crippen LogP contribution >= 0.6 is 0 Å². The fourth-order valence-electron chi connectivity index (χ4n) is 3.58. The number of pyridine rings is 1. The highest BCUT2D eigenvalue weighted by Crippen LogP contribution is 2.34. The highest BCUT2D eigenvalue weighted by molar-refractivity contribution is 5.84. The van der Waals surface area contributed by atoms with Crippen LogP contribution in [0.5, 0.6) is 0 Å². The monoisotopic (exact) mass is 315 g/mol. The molecule has 0 radical (unpaired) electrons. The lowest BCUT2D eigenvalue weighted by atomic mass is 10.0. The average Bonchev–Trinajstić information content (AvgIpc) is 3.10. The van der Waals surface area contributed by atoms with Gasteiger partial charge in [-0.1, -0.05) is 6.07 Å². The second kappa shape index (κ2) is 5.92. The number of nitrogens with zero attached hydrogens (tertiary/aromatic N) is 2. The summed E-state index contributed by atoms with van der Waals surface area (Å²) in [6, 6.07) is 5.94. The number of carbonyl (C=O) groups excluding carboxylic acids is 2. The molecule has 3 unspecified atom stereocenters. The predicted octanol–water partition coefficient (Wildman–Crippen LogP) is 0.519. The standard InChI is InChI=1S/C17H21N3O3/c21-15(9-12-3-1-2-7-18-12)20-10-13(16-14(20)6-8-23-16)17(22)19-11-4-5-11/h1-3,7,11,13-14,16H,4-6,8-10H2,(H,19,22). The van der Waals surface area contributed by atoms with Crippen LogP contribution in [0.2, 0.25) is 0 Å². The van der Waals surface area contributed by atoms with Gasteiger partial charge in [-0.3, -0.25) is 14.6 Å². The summed E-state index contributed by atoms with van der Waals surface area (Å²) in [6.45, 7) is 1.08. The van der Waals surface area contributed by atoms with Crippen LogP contribution in [0.1, 0.15) is 25.0 Å². The lowest BCUT2D eigenvalue weighted by Gasteiger charge is -2.22. The van der Waals surface area contributed by atoms with Crippen LogP contribution in [0, 0.1) is 5.92 Å². The van der Waals surface area contributed by atoms with Crippen LogP contribution in [0.15, 0.2) is 24.4 Å². The molecule has 1 aromatic rings. The van der Waals surface area contributed by atoms with Crippen molar-refractivity contribution in [3.8, 4) is 0 Å². The molecular formula is C17H21N3O3. The van der Waals surface area contributed by atoms with E-state index in [1.54, 1.807) is 6.20 Å². The van der Waals surface area contributed by atoms with Gasteiger partial charge in [0.25, 0.3) is 0 Å². The summed E-state index contributed by atoms with van der Waals surface area (Å²) in [7, 11) is 0. The second-order valence-corrected chi connectivity index (χ2v) is 6.62. The smallest absolute Gasteiger partial charge is 0.228 e. The average molecular weight is 315 g/mol. The zero-order valence-electron chi connectivity index (χ0n) is 13.0. The van der Waals surface area contributed by atoms with Gasteiger partial charge >= 0.3 is 0 Å². The molecule has 0 spiro atoms. The van der Waals surface area contributed by atoms with Crippen molar-refractivity contribution in [2.45, 2.75) is 43.9 Å². The number of nitrogens with one attached hydrogen (secondary N) is 1. The summed E-state index contributed by atoms with van der Waals surface area (Å²) < 4.78 is 5.77. The molecule has 1 aliphatic carbocycles. The molecule has 3 atom stereocenters. The van der Waals surface area contributed by atoms with Gasteiger partial charge in [-0.15, -0.1) is 0 Å². The van der Waals surface area contributed by atoms with Gasteiger partial charge in [0.2, 0.25) is 11.8 Å². The molecule has 23 heavy (non-hydrogen) atoms. The number of amides is 2. The van der Waals surface area contributed by atoms with Gasteiger partial charge in [-0.05, 0) is 31.4 Å². The third-order valence-corrected chi connectivity index (χ3v) is 4.93. The van der Waals surface area contributed by atoms with Gasteiger partial charge < -0.3 is 15.0 Å². The number of hydrogen-bond donors (Lipinski definition) is 1. The summed E-state index contributed by atoms with van der Waals surface area (Å²) >= 11 is 0. The Morgan fingerprint density at radius 1 is 1.30 bits per heavy atom. The van der Waals surface area contributed by atoms with Gasteiger partial charge in [0.05, 0.1) is 24.5 Å². The van der Waals surface area contributed by atoms with Crippen LogP contribution in [0.3, 0.4) is 0 Å².